The van der Waals surface area contributed by atoms with E-state index in [2.05, 4.69) is 49.1 Å². The summed E-state index contributed by atoms with van der Waals surface area (Å²) in [6.45, 7) is 11.6. The molecular weight excluding hydrogens is 838 g/mol. The van der Waals surface area contributed by atoms with Crippen molar-refractivity contribution in [2.75, 3.05) is 52.4 Å². The maximum absolute atomic E-state index is 12.1. The molecule has 3 N–H and O–H groups in total. The van der Waals surface area contributed by atoms with Gasteiger partial charge in [-0.25, -0.2) is 4.98 Å². The number of thiophene rings is 1. The van der Waals surface area contributed by atoms with E-state index in [4.69, 9.17) is 38.0 Å². The van der Waals surface area contributed by atoms with Crippen LogP contribution in [0.25, 0.3) is 15.6 Å². The van der Waals surface area contributed by atoms with Crippen molar-refractivity contribution in [3.63, 3.8) is 0 Å². The Balaban J connectivity index is 0.000000217. The third-order valence-corrected chi connectivity index (χ3v) is 12.3. The monoisotopic (exact) mass is 879 g/mol. The van der Waals surface area contributed by atoms with E-state index >= 15 is 0 Å². The molecule has 0 atom stereocenters. The molecule has 1 fully saturated rings. The molecule has 0 unspecified atom stereocenters. The first kappa shape index (κ1) is 43.4. The summed E-state index contributed by atoms with van der Waals surface area (Å²) in [5.41, 5.74) is 5.77. The van der Waals surface area contributed by atoms with E-state index in [9.17, 15) is 19.2 Å². The predicted molar refractivity (Wildman–Crippen MR) is 228 cm³/mol. The average molecular weight is 881 g/mol. The van der Waals surface area contributed by atoms with E-state index in [1.54, 1.807) is 33.7 Å². The number of carbonyl (C=O) groups excluding carboxylic acids is 3. The molecule has 2 aliphatic heterocycles. The van der Waals surface area contributed by atoms with E-state index in [0.29, 0.717) is 59.8 Å². The molecule has 7 rings (SSSR count). The van der Waals surface area contributed by atoms with Gasteiger partial charge in [0.2, 0.25) is 17.7 Å². The quantitative estimate of drug-likeness (QED) is 0.152. The summed E-state index contributed by atoms with van der Waals surface area (Å²) in [5, 5.41) is 26.7. The lowest BCUT2D eigenvalue weighted by atomic mass is 10.00. The van der Waals surface area contributed by atoms with Crippen molar-refractivity contribution in [1.29, 1.82) is 0 Å². The number of nitrogens with zero attached hydrogens (tertiary/aromatic N) is 7. The summed E-state index contributed by atoms with van der Waals surface area (Å²) >= 11 is 15.6. The highest BCUT2D eigenvalue weighted by Crippen LogP contribution is 2.36. The minimum Gasteiger partial charge on any atom is -0.492 e. The first-order valence-electron chi connectivity index (χ1n) is 18.7. The Bertz CT molecular complexity index is 2370. The summed E-state index contributed by atoms with van der Waals surface area (Å²) < 4.78 is 7.98. The molecule has 0 spiro atoms. The number of aliphatic imine (C=N–C) groups is 1. The number of carboxylic acid groups (broad SMARTS) is 1. The first-order chi connectivity index (χ1) is 28.3. The largest absolute Gasteiger partial charge is 0.492 e. The fourth-order valence-corrected chi connectivity index (χ4v) is 8.91. The van der Waals surface area contributed by atoms with Gasteiger partial charge < -0.3 is 25.4 Å². The lowest BCUT2D eigenvalue weighted by molar-refractivity contribution is -0.137. The number of aliphatic carboxylic acids is 1. The molecule has 0 radical (unpaired) electrons. The molecule has 0 saturated carbocycles. The number of amides is 3. The molecule has 3 aromatic heterocycles. The van der Waals surface area contributed by atoms with Crippen molar-refractivity contribution in [2.24, 2.45) is 4.99 Å². The topological polar surface area (TPSA) is 184 Å². The van der Waals surface area contributed by atoms with E-state index in [-0.39, 0.29) is 24.8 Å². The highest BCUT2D eigenvalue weighted by Gasteiger charge is 2.26. The van der Waals surface area contributed by atoms with Gasteiger partial charge in [0, 0.05) is 71.6 Å². The van der Waals surface area contributed by atoms with Crippen LogP contribution < -0.4 is 15.4 Å². The summed E-state index contributed by atoms with van der Waals surface area (Å²) in [5.74, 6) is 0.585. The van der Waals surface area contributed by atoms with Gasteiger partial charge in [-0.15, -0.1) is 32.9 Å². The number of halogens is 2. The smallest absolute Gasteiger partial charge is 0.322 e. The molecule has 2 aromatic carbocycles. The number of carboxylic acids is 1. The van der Waals surface area contributed by atoms with Crippen LogP contribution in [0.4, 0.5) is 0 Å². The van der Waals surface area contributed by atoms with Crippen molar-refractivity contribution in [2.45, 2.75) is 40.7 Å². The van der Waals surface area contributed by atoms with Crippen molar-refractivity contribution in [3.8, 4) is 21.3 Å². The SMILES string of the molecule is CC(=O)NCC(=O)N1CCN(CCOc2ccc(-c3nc(CC(=O)NCC(=O)O)cs3)c(Cl)c2)CC1.Cc1sc2c(c1C)C(c1ccc(Cl)cc1)=NCc1nnc(C)n1-2. The molecule has 3 amide bonds. The number of rotatable bonds is 12. The fraction of sp³-hybridized carbons (Fsp3) is 0.350. The molecular formula is C40H43Cl2N9O6S2. The lowest BCUT2D eigenvalue weighted by Crippen LogP contribution is -2.51. The van der Waals surface area contributed by atoms with Crippen LogP contribution in [0.5, 0.6) is 5.75 Å². The number of carbonyl (C=O) groups is 4. The molecule has 1 saturated heterocycles. The van der Waals surface area contributed by atoms with Crippen molar-refractivity contribution in [1.82, 2.24) is 40.2 Å². The van der Waals surface area contributed by atoms with Crippen LogP contribution in [-0.4, -0.2) is 116 Å². The first-order valence-corrected chi connectivity index (χ1v) is 21.1. The molecule has 2 aliphatic rings. The van der Waals surface area contributed by atoms with Gasteiger partial charge in [0.15, 0.2) is 5.82 Å². The van der Waals surface area contributed by atoms with E-state index in [1.165, 1.54) is 34.3 Å². The predicted octanol–water partition coefficient (Wildman–Crippen LogP) is 5.12. The van der Waals surface area contributed by atoms with Gasteiger partial charge in [-0.3, -0.25) is 33.6 Å². The van der Waals surface area contributed by atoms with Crippen LogP contribution in [0, 0.1) is 20.8 Å². The molecule has 0 bridgehead atoms. The van der Waals surface area contributed by atoms with E-state index < -0.39 is 18.4 Å². The van der Waals surface area contributed by atoms with Gasteiger partial charge in [-0.2, -0.15) is 0 Å². The Morgan fingerprint density at radius 1 is 0.949 bits per heavy atom. The molecule has 59 heavy (non-hydrogen) atoms. The Labute approximate surface area is 359 Å². The lowest BCUT2D eigenvalue weighted by Gasteiger charge is -2.34. The Kier molecular flexibility index (Phi) is 14.5. The van der Waals surface area contributed by atoms with Crippen LogP contribution in [0.2, 0.25) is 10.0 Å². The average Bonchev–Trinajstić information content (AvgIpc) is 3.87. The van der Waals surface area contributed by atoms with Gasteiger partial charge in [0.1, 0.15) is 41.3 Å². The normalized spacial score (nSPS) is 13.6. The second kappa shape index (κ2) is 19.7. The van der Waals surface area contributed by atoms with Crippen molar-refractivity contribution < 1.29 is 29.0 Å². The number of hydrogen-bond acceptors (Lipinski definition) is 12. The minimum absolute atomic E-state index is 0.0136. The zero-order valence-corrected chi connectivity index (χ0v) is 36.0. The van der Waals surface area contributed by atoms with Gasteiger partial charge >= 0.3 is 5.97 Å². The maximum Gasteiger partial charge on any atom is 0.322 e. The zero-order chi connectivity index (χ0) is 42.2. The number of benzene rings is 2. The third kappa shape index (κ3) is 11.1. The maximum atomic E-state index is 12.1. The number of ether oxygens (including phenoxy) is 1. The summed E-state index contributed by atoms with van der Waals surface area (Å²) in [6, 6.07) is 13.2. The van der Waals surface area contributed by atoms with Gasteiger partial charge in [0.25, 0.3) is 0 Å². The Morgan fingerprint density at radius 2 is 1.69 bits per heavy atom. The van der Waals surface area contributed by atoms with Crippen molar-refractivity contribution in [3.05, 3.63) is 96.8 Å². The Morgan fingerprint density at radius 3 is 2.39 bits per heavy atom. The number of fused-ring (bicyclic) bond motifs is 3. The second-order valence-corrected chi connectivity index (χ2v) is 16.7. The van der Waals surface area contributed by atoms with Gasteiger partial charge in [-0.05, 0) is 56.7 Å². The molecule has 5 aromatic rings. The summed E-state index contributed by atoms with van der Waals surface area (Å²) in [6.07, 6.45) is -0.0136. The van der Waals surface area contributed by atoms with Crippen LogP contribution in [0.3, 0.4) is 0 Å². The van der Waals surface area contributed by atoms with E-state index in [1.807, 2.05) is 37.3 Å². The van der Waals surface area contributed by atoms with Crippen LogP contribution in [-0.2, 0) is 32.1 Å². The number of piperazine rings is 1. The standard InChI is InChI=1S/C23H28ClN5O6S.C17H15ClN4S/c1-15(30)25-12-21(32)29-6-4-28(5-7-29)8-9-35-17-2-3-18(19(24)11-17)23-27-16(14-36-23)10-20(31)26-13-22(33)34;1-9-10(2)23-17-15(9)16(12-4-6-13(18)7-5-12)19-8-14-21-20-11(3)22(14)17/h2-3,11,14H,4-10,12-13H2,1H3,(H,25,30)(H,26,31)(H,33,34);4-7H,8H2,1-3H3. The Hall–Kier alpha value is -5.20. The van der Waals surface area contributed by atoms with Crippen LogP contribution in [0.15, 0.2) is 52.8 Å². The second-order valence-electron chi connectivity index (χ2n) is 13.7. The number of nitrogens with one attached hydrogen (secondary N) is 2. The van der Waals surface area contributed by atoms with Crippen molar-refractivity contribution >= 4 is 75.3 Å². The van der Waals surface area contributed by atoms with Crippen LogP contribution >= 0.6 is 45.9 Å². The number of hydrogen-bond donors (Lipinski definition) is 3. The highest BCUT2D eigenvalue weighted by molar-refractivity contribution is 7.15. The number of aromatic nitrogens is 4. The molecule has 0 aliphatic carbocycles. The third-order valence-electron chi connectivity index (χ3n) is 9.59. The number of aryl methyl sites for hydroxylation is 2. The minimum atomic E-state index is -1.11. The molecule has 15 nitrogen and oxygen atoms in total. The molecule has 310 valence electrons. The van der Waals surface area contributed by atoms with Gasteiger partial charge in [-0.1, -0.05) is 35.3 Å². The number of thiazole rings is 1. The van der Waals surface area contributed by atoms with Crippen LogP contribution in [0.1, 0.15) is 45.8 Å². The summed E-state index contributed by atoms with van der Waals surface area (Å²) in [7, 11) is 0. The molecule has 5 heterocycles. The zero-order valence-electron chi connectivity index (χ0n) is 32.9. The van der Waals surface area contributed by atoms with E-state index in [0.717, 1.165) is 46.0 Å². The molecule has 19 heteroatoms. The fourth-order valence-electron chi connectivity index (χ4n) is 6.39. The van der Waals surface area contributed by atoms with Gasteiger partial charge in [0.05, 0.1) is 29.4 Å². The highest BCUT2D eigenvalue weighted by atomic mass is 35.5. The summed E-state index contributed by atoms with van der Waals surface area (Å²) in [4.78, 5) is 59.9.